The first kappa shape index (κ1) is 24.5. The summed E-state index contributed by atoms with van der Waals surface area (Å²) in [6.45, 7) is 7.38. The van der Waals surface area contributed by atoms with Gasteiger partial charge in [-0.1, -0.05) is 29.8 Å². The van der Waals surface area contributed by atoms with Gasteiger partial charge < -0.3 is 4.57 Å². The number of aryl methyl sites for hydroxylation is 3. The topological polar surface area (TPSA) is 83.8 Å². The lowest BCUT2D eigenvalue weighted by Crippen LogP contribution is -2.39. The number of aromatic nitrogens is 1. The van der Waals surface area contributed by atoms with Crippen molar-refractivity contribution in [3.8, 4) is 5.69 Å². The summed E-state index contributed by atoms with van der Waals surface area (Å²) in [6.07, 6.45) is 2.62. The molecular formula is C24H27ClN4O3S. The van der Waals surface area contributed by atoms with Crippen molar-refractivity contribution in [1.29, 1.82) is 0 Å². The molecule has 7 nitrogen and oxygen atoms in total. The summed E-state index contributed by atoms with van der Waals surface area (Å²) >= 11 is 5.97. The molecule has 174 valence electrons. The van der Waals surface area contributed by atoms with Crippen LogP contribution in [-0.2, 0) is 14.8 Å². The van der Waals surface area contributed by atoms with Crippen LogP contribution in [-0.4, -0.2) is 37.9 Å². The zero-order valence-corrected chi connectivity index (χ0v) is 20.8. The van der Waals surface area contributed by atoms with E-state index in [1.54, 1.807) is 31.3 Å². The molecule has 1 N–H and O–H groups in total. The van der Waals surface area contributed by atoms with Crippen molar-refractivity contribution in [1.82, 2.24) is 9.99 Å². The second kappa shape index (κ2) is 9.80. The molecule has 0 atom stereocenters. The van der Waals surface area contributed by atoms with Gasteiger partial charge in [0.15, 0.2) is 0 Å². The van der Waals surface area contributed by atoms with Crippen LogP contribution < -0.4 is 9.73 Å². The Kier molecular flexibility index (Phi) is 7.29. The maximum atomic E-state index is 12.5. The second-order valence-corrected chi connectivity index (χ2v) is 10.3. The highest BCUT2D eigenvalue weighted by atomic mass is 35.5. The van der Waals surface area contributed by atoms with E-state index in [1.165, 1.54) is 0 Å². The SMILES string of the molecule is Cc1cc(Cl)ccc1N(CC(=O)N/N=C\c1cc(C)n(-c2ccccc2C)c1C)S(C)(=O)=O. The standard InChI is InChI=1S/C24H27ClN4O3S/c1-16-8-6-7-9-23(16)29-18(3)13-20(19(29)4)14-26-27-24(30)15-28(33(5,31)32)22-11-10-21(25)12-17(22)2/h6-14H,15H2,1-5H3,(H,27,30)/b26-14-. The number of carbonyl (C=O) groups excluding carboxylic acids is 1. The lowest BCUT2D eigenvalue weighted by Gasteiger charge is -2.23. The maximum Gasteiger partial charge on any atom is 0.260 e. The zero-order valence-electron chi connectivity index (χ0n) is 19.3. The molecule has 1 amide bonds. The number of para-hydroxylation sites is 1. The molecule has 0 saturated heterocycles. The van der Waals surface area contributed by atoms with Crippen LogP contribution in [0, 0.1) is 27.7 Å². The minimum Gasteiger partial charge on any atom is -0.318 e. The van der Waals surface area contributed by atoms with Crippen molar-refractivity contribution in [2.24, 2.45) is 5.10 Å². The average Bonchev–Trinajstić information content (AvgIpc) is 3.00. The molecule has 1 aromatic heterocycles. The fourth-order valence-corrected chi connectivity index (χ4v) is 4.86. The Hall–Kier alpha value is -3.10. The molecule has 3 rings (SSSR count). The van der Waals surface area contributed by atoms with Crippen LogP contribution in [0.15, 0.2) is 53.6 Å². The van der Waals surface area contributed by atoms with Crippen molar-refractivity contribution >= 4 is 39.4 Å². The van der Waals surface area contributed by atoms with Crippen LogP contribution in [0.4, 0.5) is 5.69 Å². The van der Waals surface area contributed by atoms with Gasteiger partial charge in [-0.25, -0.2) is 13.8 Å². The Balaban J connectivity index is 1.77. The molecule has 0 aliphatic rings. The highest BCUT2D eigenvalue weighted by molar-refractivity contribution is 7.92. The monoisotopic (exact) mass is 486 g/mol. The number of halogens is 1. The number of benzene rings is 2. The summed E-state index contributed by atoms with van der Waals surface area (Å²) in [7, 11) is -3.70. The number of carbonyl (C=O) groups is 1. The van der Waals surface area contributed by atoms with Gasteiger partial charge in [-0.2, -0.15) is 5.10 Å². The van der Waals surface area contributed by atoms with Gasteiger partial charge >= 0.3 is 0 Å². The predicted molar refractivity (Wildman–Crippen MR) is 134 cm³/mol. The zero-order chi connectivity index (χ0) is 24.3. The number of nitrogens with one attached hydrogen (secondary N) is 1. The van der Waals surface area contributed by atoms with Crippen LogP contribution in [0.5, 0.6) is 0 Å². The molecule has 33 heavy (non-hydrogen) atoms. The van der Waals surface area contributed by atoms with E-state index in [4.69, 9.17) is 11.6 Å². The Bertz CT molecular complexity index is 1330. The first-order chi connectivity index (χ1) is 15.5. The third-order valence-corrected chi connectivity index (χ3v) is 6.70. The molecule has 0 radical (unpaired) electrons. The van der Waals surface area contributed by atoms with E-state index in [2.05, 4.69) is 34.2 Å². The molecule has 0 saturated carbocycles. The van der Waals surface area contributed by atoms with Crippen molar-refractivity contribution in [3.05, 3.63) is 81.6 Å². The quantitative estimate of drug-likeness (QED) is 0.399. The summed E-state index contributed by atoms with van der Waals surface area (Å²) in [5.41, 5.74) is 8.57. The number of rotatable bonds is 7. The molecule has 0 aliphatic carbocycles. The summed E-state index contributed by atoms with van der Waals surface area (Å²) in [6, 6.07) is 14.9. The highest BCUT2D eigenvalue weighted by Gasteiger charge is 2.22. The highest BCUT2D eigenvalue weighted by Crippen LogP contribution is 2.25. The largest absolute Gasteiger partial charge is 0.318 e. The van der Waals surface area contributed by atoms with Crippen molar-refractivity contribution < 1.29 is 13.2 Å². The molecule has 0 spiro atoms. The van der Waals surface area contributed by atoms with Crippen LogP contribution in [0.3, 0.4) is 0 Å². The average molecular weight is 487 g/mol. The second-order valence-electron chi connectivity index (χ2n) is 7.94. The van der Waals surface area contributed by atoms with Crippen LogP contribution in [0.2, 0.25) is 5.02 Å². The van der Waals surface area contributed by atoms with Gasteiger partial charge in [0.2, 0.25) is 10.0 Å². The van der Waals surface area contributed by atoms with Crippen molar-refractivity contribution in [3.63, 3.8) is 0 Å². The van der Waals surface area contributed by atoms with Crippen molar-refractivity contribution in [2.45, 2.75) is 27.7 Å². The van der Waals surface area contributed by atoms with Gasteiger partial charge in [-0.3, -0.25) is 9.10 Å². The molecule has 3 aromatic rings. The number of hydrazone groups is 1. The van der Waals surface area contributed by atoms with Gasteiger partial charge in [-0.15, -0.1) is 0 Å². The lowest BCUT2D eigenvalue weighted by molar-refractivity contribution is -0.119. The Morgan fingerprint density at radius 3 is 2.42 bits per heavy atom. The van der Waals surface area contributed by atoms with Gasteiger partial charge in [0.05, 0.1) is 18.2 Å². The van der Waals surface area contributed by atoms with Gasteiger partial charge in [0.25, 0.3) is 5.91 Å². The lowest BCUT2D eigenvalue weighted by atomic mass is 10.2. The minimum atomic E-state index is -3.70. The molecular weight excluding hydrogens is 460 g/mol. The Labute approximate surface area is 199 Å². The van der Waals surface area contributed by atoms with E-state index in [1.807, 2.05) is 32.0 Å². The normalized spacial score (nSPS) is 11.7. The molecule has 2 aromatic carbocycles. The molecule has 0 unspecified atom stereocenters. The van der Waals surface area contributed by atoms with E-state index in [0.29, 0.717) is 16.3 Å². The number of amides is 1. The Morgan fingerprint density at radius 1 is 1.09 bits per heavy atom. The number of sulfonamides is 1. The minimum absolute atomic E-state index is 0.391. The molecule has 0 aliphatic heterocycles. The first-order valence-electron chi connectivity index (χ1n) is 10.3. The molecule has 0 bridgehead atoms. The predicted octanol–water partition coefficient (Wildman–Crippen LogP) is 4.28. The van der Waals surface area contributed by atoms with E-state index in [-0.39, 0.29) is 0 Å². The third kappa shape index (κ3) is 5.64. The van der Waals surface area contributed by atoms with Gasteiger partial charge in [0, 0.05) is 27.7 Å². The smallest absolute Gasteiger partial charge is 0.260 e. The molecule has 9 heteroatoms. The van der Waals surface area contributed by atoms with Crippen LogP contribution in [0.1, 0.15) is 28.1 Å². The number of hydrogen-bond donors (Lipinski definition) is 1. The fraction of sp³-hybridized carbons (Fsp3) is 0.250. The van der Waals surface area contributed by atoms with Gasteiger partial charge in [-0.05, 0) is 69.2 Å². The number of nitrogens with zero attached hydrogens (tertiary/aromatic N) is 3. The summed E-state index contributed by atoms with van der Waals surface area (Å²) < 4.78 is 27.8. The maximum absolute atomic E-state index is 12.5. The summed E-state index contributed by atoms with van der Waals surface area (Å²) in [4.78, 5) is 12.5. The third-order valence-electron chi connectivity index (χ3n) is 5.33. The van der Waals surface area contributed by atoms with Gasteiger partial charge in [0.1, 0.15) is 6.54 Å². The summed E-state index contributed by atoms with van der Waals surface area (Å²) in [5, 5.41) is 4.55. The van der Waals surface area contributed by atoms with Crippen molar-refractivity contribution in [2.75, 3.05) is 17.1 Å². The van der Waals surface area contributed by atoms with E-state index in [0.717, 1.165) is 38.8 Å². The fourth-order valence-electron chi connectivity index (χ4n) is 3.72. The number of hydrogen-bond acceptors (Lipinski definition) is 4. The molecule has 1 heterocycles. The first-order valence-corrected chi connectivity index (χ1v) is 12.5. The molecule has 0 fully saturated rings. The van der Waals surface area contributed by atoms with Crippen LogP contribution >= 0.6 is 11.6 Å². The van der Waals surface area contributed by atoms with E-state index >= 15 is 0 Å². The number of anilines is 1. The van der Waals surface area contributed by atoms with Crippen LogP contribution in [0.25, 0.3) is 5.69 Å². The van der Waals surface area contributed by atoms with E-state index < -0.39 is 22.5 Å². The summed E-state index contributed by atoms with van der Waals surface area (Å²) in [5.74, 6) is -0.557. The Morgan fingerprint density at radius 2 is 1.79 bits per heavy atom. The van der Waals surface area contributed by atoms with E-state index in [9.17, 15) is 13.2 Å².